The molecular formula is C30H46N2. The van der Waals surface area contributed by atoms with Crippen molar-refractivity contribution >= 4 is 0 Å². The van der Waals surface area contributed by atoms with Gasteiger partial charge < -0.3 is 0 Å². The third-order valence-corrected chi connectivity index (χ3v) is 7.51. The molecule has 1 aromatic heterocycles. The molecule has 0 unspecified atom stereocenters. The van der Waals surface area contributed by atoms with Gasteiger partial charge in [-0.25, -0.2) is 9.97 Å². The molecule has 0 atom stereocenters. The first kappa shape index (κ1) is 24.9. The van der Waals surface area contributed by atoms with E-state index in [1.807, 2.05) is 0 Å². The topological polar surface area (TPSA) is 25.8 Å². The lowest BCUT2D eigenvalue weighted by Crippen LogP contribution is -2.15. The van der Waals surface area contributed by atoms with Crippen molar-refractivity contribution in [1.29, 1.82) is 0 Å². The van der Waals surface area contributed by atoms with Crippen molar-refractivity contribution in [2.24, 2.45) is 11.8 Å². The molecule has 1 heterocycles. The van der Waals surface area contributed by atoms with Gasteiger partial charge in [-0.1, -0.05) is 115 Å². The van der Waals surface area contributed by atoms with Crippen LogP contribution in [-0.2, 0) is 12.8 Å². The molecule has 0 radical (unpaired) electrons. The van der Waals surface area contributed by atoms with E-state index in [4.69, 9.17) is 0 Å². The van der Waals surface area contributed by atoms with E-state index in [1.165, 1.54) is 107 Å². The summed E-state index contributed by atoms with van der Waals surface area (Å²) in [6.45, 7) is 4.56. The fourth-order valence-electron chi connectivity index (χ4n) is 5.25. The normalized spacial score (nSPS) is 18.7. The van der Waals surface area contributed by atoms with E-state index in [0.717, 1.165) is 29.6 Å². The quantitative estimate of drug-likeness (QED) is 0.277. The average molecular weight is 435 g/mol. The highest BCUT2D eigenvalue weighted by Crippen LogP contribution is 2.34. The lowest BCUT2D eigenvalue weighted by Gasteiger charge is -2.28. The van der Waals surface area contributed by atoms with Crippen molar-refractivity contribution in [3.8, 4) is 11.4 Å². The number of rotatable bonds is 14. The molecule has 3 rings (SSSR count). The Bertz CT molecular complexity index is 726. The second-order valence-electron chi connectivity index (χ2n) is 10.2. The van der Waals surface area contributed by atoms with E-state index in [9.17, 15) is 0 Å². The van der Waals surface area contributed by atoms with Crippen LogP contribution in [0.5, 0.6) is 0 Å². The SMILES string of the molecule is CCCCCCCC1CCC(CCc2cnc(-c3ccc(CCCCC)cc3)nc2)CC1. The fourth-order valence-corrected chi connectivity index (χ4v) is 5.25. The van der Waals surface area contributed by atoms with Crippen molar-refractivity contribution < 1.29 is 0 Å². The average Bonchev–Trinajstić information content (AvgIpc) is 2.84. The maximum Gasteiger partial charge on any atom is 0.159 e. The molecule has 0 aliphatic heterocycles. The molecule has 2 aromatic rings. The third kappa shape index (κ3) is 8.68. The van der Waals surface area contributed by atoms with Gasteiger partial charge in [0.25, 0.3) is 0 Å². The first-order chi connectivity index (χ1) is 15.8. The Morgan fingerprint density at radius 3 is 1.88 bits per heavy atom. The minimum Gasteiger partial charge on any atom is -0.236 e. The van der Waals surface area contributed by atoms with Gasteiger partial charge in [0.15, 0.2) is 5.82 Å². The minimum absolute atomic E-state index is 0.855. The van der Waals surface area contributed by atoms with Crippen LogP contribution in [-0.4, -0.2) is 9.97 Å². The highest BCUT2D eigenvalue weighted by molar-refractivity contribution is 5.55. The molecule has 0 bridgehead atoms. The predicted molar refractivity (Wildman–Crippen MR) is 138 cm³/mol. The smallest absolute Gasteiger partial charge is 0.159 e. The van der Waals surface area contributed by atoms with Crippen LogP contribution >= 0.6 is 0 Å². The van der Waals surface area contributed by atoms with Gasteiger partial charge in [0.1, 0.15) is 0 Å². The molecule has 1 aromatic carbocycles. The Kier molecular flexibility index (Phi) is 11.3. The van der Waals surface area contributed by atoms with Crippen LogP contribution in [0.1, 0.15) is 115 Å². The van der Waals surface area contributed by atoms with Crippen molar-refractivity contribution in [2.75, 3.05) is 0 Å². The third-order valence-electron chi connectivity index (χ3n) is 7.51. The second-order valence-corrected chi connectivity index (χ2v) is 10.2. The van der Waals surface area contributed by atoms with E-state index in [1.54, 1.807) is 0 Å². The number of aryl methyl sites for hydroxylation is 2. The van der Waals surface area contributed by atoms with Gasteiger partial charge in [0.2, 0.25) is 0 Å². The zero-order valence-corrected chi connectivity index (χ0v) is 20.8. The molecular weight excluding hydrogens is 388 g/mol. The summed E-state index contributed by atoms with van der Waals surface area (Å²) in [5.41, 5.74) is 3.84. The molecule has 0 amide bonds. The Morgan fingerprint density at radius 1 is 0.625 bits per heavy atom. The van der Waals surface area contributed by atoms with E-state index in [0.29, 0.717) is 0 Å². The summed E-state index contributed by atoms with van der Waals surface area (Å²) in [7, 11) is 0. The molecule has 32 heavy (non-hydrogen) atoms. The maximum absolute atomic E-state index is 4.67. The zero-order chi connectivity index (χ0) is 22.4. The lowest BCUT2D eigenvalue weighted by molar-refractivity contribution is 0.248. The van der Waals surface area contributed by atoms with Gasteiger partial charge in [-0.2, -0.15) is 0 Å². The van der Waals surface area contributed by atoms with Gasteiger partial charge >= 0.3 is 0 Å². The van der Waals surface area contributed by atoms with Gasteiger partial charge in [0.05, 0.1) is 0 Å². The monoisotopic (exact) mass is 434 g/mol. The van der Waals surface area contributed by atoms with E-state index >= 15 is 0 Å². The first-order valence-corrected chi connectivity index (χ1v) is 13.7. The summed E-state index contributed by atoms with van der Waals surface area (Å²) < 4.78 is 0. The highest BCUT2D eigenvalue weighted by Gasteiger charge is 2.20. The minimum atomic E-state index is 0.855. The molecule has 1 saturated carbocycles. The molecule has 1 fully saturated rings. The van der Waals surface area contributed by atoms with E-state index in [-0.39, 0.29) is 0 Å². The van der Waals surface area contributed by atoms with E-state index in [2.05, 4.69) is 60.5 Å². The number of hydrogen-bond acceptors (Lipinski definition) is 2. The standard InChI is InChI=1S/C30H46N2/c1-3-5-7-8-10-12-25-13-15-27(16-14-25)17-18-28-23-31-30(32-24-28)29-21-19-26(20-22-29)11-9-6-4-2/h19-25,27H,3-18H2,1-2H3. The summed E-state index contributed by atoms with van der Waals surface area (Å²) in [4.78, 5) is 9.35. The summed E-state index contributed by atoms with van der Waals surface area (Å²) >= 11 is 0. The van der Waals surface area contributed by atoms with Crippen LogP contribution in [0.25, 0.3) is 11.4 Å². The molecule has 2 heteroatoms. The molecule has 0 saturated heterocycles. The van der Waals surface area contributed by atoms with Gasteiger partial charge in [-0.15, -0.1) is 0 Å². The van der Waals surface area contributed by atoms with Crippen LogP contribution < -0.4 is 0 Å². The Morgan fingerprint density at radius 2 is 1.22 bits per heavy atom. The van der Waals surface area contributed by atoms with E-state index < -0.39 is 0 Å². The van der Waals surface area contributed by atoms with Gasteiger partial charge in [-0.05, 0) is 48.6 Å². The molecule has 2 nitrogen and oxygen atoms in total. The van der Waals surface area contributed by atoms with Crippen LogP contribution in [0, 0.1) is 11.8 Å². The van der Waals surface area contributed by atoms with Crippen LogP contribution in [0.3, 0.4) is 0 Å². The molecule has 176 valence electrons. The number of aromatic nitrogens is 2. The molecule has 0 N–H and O–H groups in total. The van der Waals surface area contributed by atoms with Crippen molar-refractivity contribution in [3.63, 3.8) is 0 Å². The molecule has 1 aliphatic carbocycles. The number of benzene rings is 1. The Hall–Kier alpha value is -1.70. The number of unbranched alkanes of at least 4 members (excludes halogenated alkanes) is 6. The van der Waals surface area contributed by atoms with Crippen LogP contribution in [0.15, 0.2) is 36.7 Å². The summed E-state index contributed by atoms with van der Waals surface area (Å²) in [5, 5.41) is 0. The maximum atomic E-state index is 4.67. The lowest BCUT2D eigenvalue weighted by atomic mass is 9.78. The molecule has 0 spiro atoms. The van der Waals surface area contributed by atoms with Crippen LogP contribution in [0.4, 0.5) is 0 Å². The van der Waals surface area contributed by atoms with Crippen molar-refractivity contribution in [1.82, 2.24) is 9.97 Å². The van der Waals surface area contributed by atoms with Crippen LogP contribution in [0.2, 0.25) is 0 Å². The predicted octanol–water partition coefficient (Wildman–Crippen LogP) is 8.98. The fraction of sp³-hybridized carbons (Fsp3) is 0.667. The number of nitrogens with zero attached hydrogens (tertiary/aromatic N) is 2. The van der Waals surface area contributed by atoms with Crippen molar-refractivity contribution in [2.45, 2.75) is 117 Å². The zero-order valence-electron chi connectivity index (χ0n) is 20.8. The summed E-state index contributed by atoms with van der Waals surface area (Å²) in [6.07, 6.45) is 26.0. The van der Waals surface area contributed by atoms with Gasteiger partial charge in [0, 0.05) is 18.0 Å². The largest absolute Gasteiger partial charge is 0.236 e. The first-order valence-electron chi connectivity index (χ1n) is 13.7. The van der Waals surface area contributed by atoms with Crippen molar-refractivity contribution in [3.05, 3.63) is 47.8 Å². The summed E-state index contributed by atoms with van der Waals surface area (Å²) in [5.74, 6) is 2.77. The Balaban J connectivity index is 1.35. The highest BCUT2D eigenvalue weighted by atomic mass is 14.9. The Labute approximate surface area is 197 Å². The second kappa shape index (κ2) is 14.4. The number of hydrogen-bond donors (Lipinski definition) is 0. The van der Waals surface area contributed by atoms with Gasteiger partial charge in [-0.3, -0.25) is 0 Å². The molecule has 1 aliphatic rings. The summed E-state index contributed by atoms with van der Waals surface area (Å²) in [6, 6.07) is 8.84.